The summed E-state index contributed by atoms with van der Waals surface area (Å²) in [6, 6.07) is 0. The molecule has 0 saturated heterocycles. The van der Waals surface area contributed by atoms with Gasteiger partial charge in [0.2, 0.25) is 6.20 Å². The monoisotopic (exact) mass is 124 g/mol. The van der Waals surface area contributed by atoms with E-state index in [9.17, 15) is 0 Å². The van der Waals surface area contributed by atoms with Crippen LogP contribution in [0.4, 0.5) is 5.82 Å². The molecule has 1 aromatic heterocycles. The first kappa shape index (κ1) is 6.01. The van der Waals surface area contributed by atoms with Gasteiger partial charge in [0, 0.05) is 0 Å². The number of nitrogens with two attached hydrogens (primary N) is 1. The SMILES string of the molecule is CC[n+]1ccnc(N)c1. The standard InChI is InChI=1S/C6H10N3/c1-2-9-4-3-8-6(7)5-9/h3-5H,2H2,1H3,(H2,7,8)/q+1. The van der Waals surface area contributed by atoms with Crippen LogP contribution < -0.4 is 10.3 Å². The lowest BCUT2D eigenvalue weighted by Crippen LogP contribution is -2.31. The molecule has 0 aliphatic carbocycles. The second kappa shape index (κ2) is 2.44. The van der Waals surface area contributed by atoms with Crippen LogP contribution in [0.25, 0.3) is 0 Å². The highest BCUT2D eigenvalue weighted by Crippen LogP contribution is 1.84. The topological polar surface area (TPSA) is 42.8 Å². The van der Waals surface area contributed by atoms with Crippen LogP contribution in [0.5, 0.6) is 0 Å². The summed E-state index contributed by atoms with van der Waals surface area (Å²) in [7, 11) is 0. The van der Waals surface area contributed by atoms with Crippen LogP contribution in [-0.2, 0) is 6.54 Å². The van der Waals surface area contributed by atoms with E-state index in [1.54, 1.807) is 12.4 Å². The third-order valence-electron chi connectivity index (χ3n) is 1.14. The number of hydrogen-bond donors (Lipinski definition) is 1. The first-order chi connectivity index (χ1) is 4.33. The summed E-state index contributed by atoms with van der Waals surface area (Å²) in [5, 5.41) is 0. The Balaban J connectivity index is 2.94. The number of aromatic nitrogens is 2. The molecule has 1 rings (SSSR count). The number of nitrogen functional groups attached to an aromatic ring is 1. The highest BCUT2D eigenvalue weighted by Gasteiger charge is 1.94. The van der Waals surface area contributed by atoms with E-state index in [1.165, 1.54) is 0 Å². The second-order valence-corrected chi connectivity index (χ2v) is 1.81. The molecule has 2 N–H and O–H groups in total. The fraction of sp³-hybridized carbons (Fsp3) is 0.333. The quantitative estimate of drug-likeness (QED) is 0.534. The van der Waals surface area contributed by atoms with Crippen molar-refractivity contribution in [2.24, 2.45) is 0 Å². The number of anilines is 1. The van der Waals surface area contributed by atoms with Crippen molar-refractivity contribution < 1.29 is 4.57 Å². The van der Waals surface area contributed by atoms with Gasteiger partial charge in [0.15, 0.2) is 12.0 Å². The van der Waals surface area contributed by atoms with Crippen molar-refractivity contribution in [2.45, 2.75) is 13.5 Å². The van der Waals surface area contributed by atoms with Crippen LogP contribution in [0.3, 0.4) is 0 Å². The van der Waals surface area contributed by atoms with Gasteiger partial charge >= 0.3 is 0 Å². The molecule has 48 valence electrons. The average Bonchev–Trinajstić information content (AvgIpc) is 1.88. The molecule has 0 atom stereocenters. The summed E-state index contributed by atoms with van der Waals surface area (Å²) in [4.78, 5) is 3.84. The second-order valence-electron chi connectivity index (χ2n) is 1.81. The number of aryl methyl sites for hydroxylation is 1. The van der Waals surface area contributed by atoms with Gasteiger partial charge in [0.05, 0.1) is 6.20 Å². The third kappa shape index (κ3) is 1.38. The Morgan fingerprint density at radius 3 is 3.00 bits per heavy atom. The maximum Gasteiger partial charge on any atom is 0.211 e. The maximum absolute atomic E-state index is 5.40. The summed E-state index contributed by atoms with van der Waals surface area (Å²) >= 11 is 0. The lowest BCUT2D eigenvalue weighted by molar-refractivity contribution is -0.693. The van der Waals surface area contributed by atoms with Crippen LogP contribution >= 0.6 is 0 Å². The van der Waals surface area contributed by atoms with Crippen LogP contribution in [0.15, 0.2) is 18.6 Å². The maximum atomic E-state index is 5.40. The van der Waals surface area contributed by atoms with Crippen LogP contribution in [0.1, 0.15) is 6.92 Å². The van der Waals surface area contributed by atoms with E-state index in [0.717, 1.165) is 6.54 Å². The molecule has 0 spiro atoms. The molecule has 0 radical (unpaired) electrons. The minimum atomic E-state index is 0.569. The van der Waals surface area contributed by atoms with Crippen molar-refractivity contribution in [3.63, 3.8) is 0 Å². The summed E-state index contributed by atoms with van der Waals surface area (Å²) in [5.41, 5.74) is 5.40. The zero-order valence-electron chi connectivity index (χ0n) is 5.41. The molecule has 9 heavy (non-hydrogen) atoms. The molecule has 0 aromatic carbocycles. The van der Waals surface area contributed by atoms with Crippen molar-refractivity contribution in [2.75, 3.05) is 5.73 Å². The molecule has 0 saturated carbocycles. The van der Waals surface area contributed by atoms with Crippen LogP contribution in [0.2, 0.25) is 0 Å². The molecule has 0 aliphatic rings. The van der Waals surface area contributed by atoms with E-state index < -0.39 is 0 Å². The summed E-state index contributed by atoms with van der Waals surface area (Å²) in [6.07, 6.45) is 5.38. The minimum absolute atomic E-state index is 0.569. The van der Waals surface area contributed by atoms with Gasteiger partial charge < -0.3 is 5.73 Å². The Kier molecular flexibility index (Phi) is 1.63. The van der Waals surface area contributed by atoms with Gasteiger partial charge in [0.25, 0.3) is 0 Å². The average molecular weight is 124 g/mol. The summed E-state index contributed by atoms with van der Waals surface area (Å²) in [5.74, 6) is 0.569. The number of rotatable bonds is 1. The van der Waals surface area contributed by atoms with Crippen molar-refractivity contribution >= 4 is 5.82 Å². The molecule has 0 bridgehead atoms. The Morgan fingerprint density at radius 1 is 1.78 bits per heavy atom. The Morgan fingerprint density at radius 2 is 2.56 bits per heavy atom. The summed E-state index contributed by atoms with van der Waals surface area (Å²) < 4.78 is 1.97. The van der Waals surface area contributed by atoms with E-state index in [2.05, 4.69) is 11.9 Å². The third-order valence-corrected chi connectivity index (χ3v) is 1.14. The number of hydrogen-bond acceptors (Lipinski definition) is 2. The molecule has 0 unspecified atom stereocenters. The van der Waals surface area contributed by atoms with Gasteiger partial charge in [-0.25, -0.2) is 9.55 Å². The lowest BCUT2D eigenvalue weighted by Gasteiger charge is -1.89. The predicted molar refractivity (Wildman–Crippen MR) is 34.5 cm³/mol. The van der Waals surface area contributed by atoms with E-state index >= 15 is 0 Å². The van der Waals surface area contributed by atoms with Gasteiger partial charge in [-0.15, -0.1) is 0 Å². The van der Waals surface area contributed by atoms with Gasteiger partial charge in [-0.3, -0.25) is 0 Å². The Hall–Kier alpha value is -1.12. The van der Waals surface area contributed by atoms with Gasteiger partial charge in [-0.2, -0.15) is 0 Å². The van der Waals surface area contributed by atoms with Crippen molar-refractivity contribution in [3.05, 3.63) is 18.6 Å². The van der Waals surface area contributed by atoms with Crippen LogP contribution in [-0.4, -0.2) is 4.98 Å². The molecule has 0 aliphatic heterocycles. The molecule has 0 fully saturated rings. The van der Waals surface area contributed by atoms with E-state index in [4.69, 9.17) is 5.73 Å². The van der Waals surface area contributed by atoms with E-state index in [1.807, 2.05) is 10.8 Å². The van der Waals surface area contributed by atoms with Crippen LogP contribution in [0, 0.1) is 0 Å². The molecular formula is C6H10N3+. The lowest BCUT2D eigenvalue weighted by atomic mass is 10.6. The molecular weight excluding hydrogens is 114 g/mol. The fourth-order valence-corrected chi connectivity index (χ4v) is 0.648. The van der Waals surface area contributed by atoms with E-state index in [-0.39, 0.29) is 0 Å². The van der Waals surface area contributed by atoms with Gasteiger partial charge in [-0.05, 0) is 6.92 Å². The number of nitrogens with zero attached hydrogens (tertiary/aromatic N) is 2. The predicted octanol–water partition coefficient (Wildman–Crippen LogP) is -0.0288. The Bertz CT molecular complexity index is 197. The van der Waals surface area contributed by atoms with Crippen molar-refractivity contribution in [1.82, 2.24) is 4.98 Å². The minimum Gasteiger partial charge on any atom is -0.379 e. The van der Waals surface area contributed by atoms with Crippen molar-refractivity contribution in [1.29, 1.82) is 0 Å². The fourth-order valence-electron chi connectivity index (χ4n) is 0.648. The molecule has 1 heterocycles. The summed E-state index contributed by atoms with van der Waals surface area (Å²) in [6.45, 7) is 2.99. The highest BCUT2D eigenvalue weighted by atomic mass is 15.0. The molecule has 3 nitrogen and oxygen atoms in total. The Labute approximate surface area is 54.2 Å². The highest BCUT2D eigenvalue weighted by molar-refractivity contribution is 5.17. The first-order valence-electron chi connectivity index (χ1n) is 2.93. The normalized spacial score (nSPS) is 9.44. The molecule has 1 aromatic rings. The smallest absolute Gasteiger partial charge is 0.211 e. The molecule has 0 amide bonds. The van der Waals surface area contributed by atoms with Crippen molar-refractivity contribution in [3.8, 4) is 0 Å². The van der Waals surface area contributed by atoms with Gasteiger partial charge in [0.1, 0.15) is 6.54 Å². The molecule has 3 heteroatoms. The first-order valence-corrected chi connectivity index (χ1v) is 2.93. The zero-order valence-corrected chi connectivity index (χ0v) is 5.41. The van der Waals surface area contributed by atoms with Gasteiger partial charge in [-0.1, -0.05) is 0 Å². The largest absolute Gasteiger partial charge is 0.379 e. The van der Waals surface area contributed by atoms with E-state index in [0.29, 0.717) is 5.82 Å². The zero-order chi connectivity index (χ0) is 6.69.